The monoisotopic (exact) mass is 401 g/mol. The van der Waals surface area contributed by atoms with Gasteiger partial charge in [-0.3, -0.25) is 0 Å². The fourth-order valence-electron chi connectivity index (χ4n) is 2.36. The Bertz CT molecular complexity index is 947. The van der Waals surface area contributed by atoms with Gasteiger partial charge in [0, 0.05) is 39.0 Å². The molecule has 3 rings (SSSR count). The van der Waals surface area contributed by atoms with Gasteiger partial charge in [0.15, 0.2) is 6.21 Å². The minimum Gasteiger partial charge on any atom is -0.355 e. The molecule has 2 nitrogen and oxygen atoms in total. The average molecular weight is 403 g/mol. The Kier molecular flexibility index (Phi) is 6.35. The molecule has 0 radical (unpaired) electrons. The van der Waals surface area contributed by atoms with Crippen LogP contribution < -0.4 is 10.3 Å². The number of rotatable bonds is 5. The molecule has 0 unspecified atom stereocenters. The molecule has 130 valence electrons. The van der Waals surface area contributed by atoms with Crippen molar-refractivity contribution in [2.24, 2.45) is 0 Å². The van der Waals surface area contributed by atoms with Crippen LogP contribution in [-0.4, -0.2) is 6.21 Å². The lowest BCUT2D eigenvalue weighted by Crippen LogP contribution is -2.61. The first-order valence-corrected chi connectivity index (χ1v) is 9.08. The summed E-state index contributed by atoms with van der Waals surface area (Å²) in [5.74, 6) is 0. The van der Waals surface area contributed by atoms with Gasteiger partial charge in [0.25, 0.3) is 0 Å². The van der Waals surface area contributed by atoms with E-state index in [0.29, 0.717) is 15.1 Å². The largest absolute Gasteiger partial charge is 0.355 e. The Morgan fingerprint density at radius 3 is 2.15 bits per heavy atom. The van der Waals surface area contributed by atoms with Gasteiger partial charge in [-0.15, -0.1) is 0 Å². The molecule has 0 aromatic heterocycles. The molecular formula is C21H16Cl3N2+. The smallest absolute Gasteiger partial charge is 0.204 e. The van der Waals surface area contributed by atoms with Gasteiger partial charge in [-0.25, -0.2) is 4.99 Å². The van der Waals surface area contributed by atoms with Crippen LogP contribution in [0.2, 0.25) is 15.1 Å². The van der Waals surface area contributed by atoms with Crippen LogP contribution >= 0.6 is 34.8 Å². The SMILES string of the molecule is Clc1ccc(C(=CC=[NH+]c2cccc(Cl)c2)Nc2cccc(Cl)c2)cc1. The zero-order chi connectivity index (χ0) is 18.4. The van der Waals surface area contributed by atoms with E-state index >= 15 is 0 Å². The van der Waals surface area contributed by atoms with Gasteiger partial charge in [-0.05, 0) is 42.0 Å². The molecule has 2 N–H and O–H groups in total. The molecule has 0 saturated carbocycles. The van der Waals surface area contributed by atoms with Crippen LogP contribution in [0.25, 0.3) is 5.70 Å². The lowest BCUT2D eigenvalue weighted by atomic mass is 10.1. The second-order valence-corrected chi connectivity index (χ2v) is 6.85. The summed E-state index contributed by atoms with van der Waals surface area (Å²) in [4.78, 5) is 3.22. The van der Waals surface area contributed by atoms with E-state index in [1.54, 1.807) is 0 Å². The maximum atomic E-state index is 6.08. The van der Waals surface area contributed by atoms with Crippen LogP contribution in [0.15, 0.2) is 78.9 Å². The normalized spacial score (nSPS) is 11.7. The summed E-state index contributed by atoms with van der Waals surface area (Å²) in [6.45, 7) is 0. The minimum atomic E-state index is 0.673. The zero-order valence-electron chi connectivity index (χ0n) is 13.7. The van der Waals surface area contributed by atoms with E-state index in [4.69, 9.17) is 34.8 Å². The van der Waals surface area contributed by atoms with Crippen LogP contribution in [0.4, 0.5) is 11.4 Å². The van der Waals surface area contributed by atoms with Gasteiger partial charge in [-0.1, -0.05) is 59.1 Å². The molecule has 0 bridgehead atoms. The third-order valence-electron chi connectivity index (χ3n) is 3.58. The number of hydrogen-bond acceptors (Lipinski definition) is 1. The van der Waals surface area contributed by atoms with Crippen LogP contribution in [0.3, 0.4) is 0 Å². The molecule has 0 aliphatic rings. The Hall–Kier alpha value is -2.26. The van der Waals surface area contributed by atoms with Gasteiger partial charge in [-0.2, -0.15) is 0 Å². The van der Waals surface area contributed by atoms with Gasteiger partial charge in [0.1, 0.15) is 0 Å². The second kappa shape index (κ2) is 8.91. The predicted octanol–water partition coefficient (Wildman–Crippen LogP) is 5.58. The highest BCUT2D eigenvalue weighted by Gasteiger charge is 2.04. The summed E-state index contributed by atoms with van der Waals surface area (Å²) in [5.41, 5.74) is 3.71. The highest BCUT2D eigenvalue weighted by molar-refractivity contribution is 6.31. The summed E-state index contributed by atoms with van der Waals surface area (Å²) >= 11 is 18.1. The topological polar surface area (TPSA) is 26.0 Å². The van der Waals surface area contributed by atoms with Crippen molar-refractivity contribution in [3.05, 3.63) is 99.5 Å². The van der Waals surface area contributed by atoms with Gasteiger partial charge in [0.2, 0.25) is 5.69 Å². The van der Waals surface area contributed by atoms with Crippen molar-refractivity contribution < 1.29 is 4.99 Å². The van der Waals surface area contributed by atoms with Crippen molar-refractivity contribution >= 4 is 58.1 Å². The Balaban J connectivity index is 1.90. The van der Waals surface area contributed by atoms with Gasteiger partial charge >= 0.3 is 0 Å². The summed E-state index contributed by atoms with van der Waals surface area (Å²) < 4.78 is 0. The summed E-state index contributed by atoms with van der Waals surface area (Å²) in [6, 6.07) is 22.7. The Labute approximate surface area is 167 Å². The minimum absolute atomic E-state index is 0.673. The standard InChI is InChI=1S/C21H15Cl3N2/c22-16-9-7-15(8-10-16)21(26-20-6-2-4-18(24)14-20)11-12-25-19-5-1-3-17(23)13-19/h1-14,26H/p+1. The molecule has 5 heteroatoms. The van der Waals surface area contributed by atoms with Crippen molar-refractivity contribution in [1.82, 2.24) is 0 Å². The lowest BCUT2D eigenvalue weighted by molar-refractivity contribution is -0.346. The summed E-state index contributed by atoms with van der Waals surface area (Å²) in [5, 5.41) is 5.44. The van der Waals surface area contributed by atoms with E-state index in [-0.39, 0.29) is 0 Å². The maximum absolute atomic E-state index is 6.08. The van der Waals surface area contributed by atoms with Crippen molar-refractivity contribution in [3.8, 4) is 0 Å². The molecule has 0 fully saturated rings. The van der Waals surface area contributed by atoms with Crippen LogP contribution in [0.5, 0.6) is 0 Å². The summed E-state index contributed by atoms with van der Waals surface area (Å²) in [7, 11) is 0. The molecule has 0 amide bonds. The third kappa shape index (κ3) is 5.37. The molecule has 26 heavy (non-hydrogen) atoms. The molecule has 0 heterocycles. The first kappa shape index (κ1) is 18.5. The molecule has 3 aromatic rings. The van der Waals surface area contributed by atoms with E-state index in [9.17, 15) is 0 Å². The lowest BCUT2D eigenvalue weighted by Gasteiger charge is -2.11. The Morgan fingerprint density at radius 1 is 0.769 bits per heavy atom. The van der Waals surface area contributed by atoms with Crippen LogP contribution in [-0.2, 0) is 0 Å². The Morgan fingerprint density at radius 2 is 1.46 bits per heavy atom. The van der Waals surface area contributed by atoms with E-state index < -0.39 is 0 Å². The number of allylic oxidation sites excluding steroid dienone is 1. The molecule has 0 aliphatic carbocycles. The second-order valence-electron chi connectivity index (χ2n) is 5.54. The maximum Gasteiger partial charge on any atom is 0.204 e. The quantitative estimate of drug-likeness (QED) is 0.535. The van der Waals surface area contributed by atoms with Crippen molar-refractivity contribution in [2.75, 3.05) is 5.32 Å². The summed E-state index contributed by atoms with van der Waals surface area (Å²) in [6.07, 6.45) is 3.80. The van der Waals surface area contributed by atoms with Crippen LogP contribution in [0.1, 0.15) is 5.56 Å². The van der Waals surface area contributed by atoms with Crippen molar-refractivity contribution in [3.63, 3.8) is 0 Å². The fraction of sp³-hybridized carbons (Fsp3) is 0. The van der Waals surface area contributed by atoms with E-state index in [1.165, 1.54) is 0 Å². The number of nitrogens with one attached hydrogen (secondary N) is 2. The molecule has 0 aliphatic heterocycles. The number of halogens is 3. The highest BCUT2D eigenvalue weighted by Crippen LogP contribution is 2.22. The van der Waals surface area contributed by atoms with Gasteiger partial charge < -0.3 is 5.32 Å². The average Bonchev–Trinajstić information content (AvgIpc) is 2.62. The molecular weight excluding hydrogens is 387 g/mol. The zero-order valence-corrected chi connectivity index (χ0v) is 16.0. The number of anilines is 1. The number of benzene rings is 3. The van der Waals surface area contributed by atoms with Crippen molar-refractivity contribution in [2.45, 2.75) is 0 Å². The fourth-order valence-corrected chi connectivity index (χ4v) is 2.87. The third-order valence-corrected chi connectivity index (χ3v) is 4.31. The highest BCUT2D eigenvalue weighted by atomic mass is 35.5. The molecule has 0 atom stereocenters. The van der Waals surface area contributed by atoms with Crippen LogP contribution in [0, 0.1) is 0 Å². The first-order chi connectivity index (χ1) is 12.6. The van der Waals surface area contributed by atoms with E-state index in [1.807, 2.05) is 85.1 Å². The first-order valence-electron chi connectivity index (χ1n) is 7.94. The van der Waals surface area contributed by atoms with Gasteiger partial charge in [0.05, 0.1) is 5.70 Å². The van der Waals surface area contributed by atoms with E-state index in [2.05, 4.69) is 10.3 Å². The number of hydrogen-bond donors (Lipinski definition) is 2. The van der Waals surface area contributed by atoms with E-state index in [0.717, 1.165) is 22.6 Å². The molecule has 0 saturated heterocycles. The molecule has 0 spiro atoms. The molecule has 3 aromatic carbocycles. The predicted molar refractivity (Wildman–Crippen MR) is 113 cm³/mol. The van der Waals surface area contributed by atoms with Crippen molar-refractivity contribution in [1.29, 1.82) is 0 Å².